The molecule has 3 N–H and O–H groups in total. The molecule has 0 bridgehead atoms. The van der Waals surface area contributed by atoms with Crippen LogP contribution in [-0.4, -0.2) is 39.4 Å². The maximum Gasteiger partial charge on any atom is 0.319 e. The fourth-order valence-electron chi connectivity index (χ4n) is 2.42. The Morgan fingerprint density at radius 3 is 2.87 bits per heavy atom. The molecule has 0 spiro atoms. The Bertz CT molecular complexity index is 685. The Kier molecular flexibility index (Phi) is 4.58. The van der Waals surface area contributed by atoms with E-state index in [4.69, 9.17) is 0 Å². The van der Waals surface area contributed by atoms with Crippen molar-refractivity contribution in [2.24, 2.45) is 0 Å². The van der Waals surface area contributed by atoms with Crippen molar-refractivity contribution in [3.63, 3.8) is 0 Å². The highest BCUT2D eigenvalue weighted by Crippen LogP contribution is 2.27. The van der Waals surface area contributed by atoms with Gasteiger partial charge in [-0.05, 0) is 42.5 Å². The van der Waals surface area contributed by atoms with Crippen molar-refractivity contribution < 1.29 is 14.3 Å². The smallest absolute Gasteiger partial charge is 0.319 e. The first-order valence-corrected chi connectivity index (χ1v) is 8.49. The monoisotopic (exact) mass is 335 g/mol. The summed E-state index contributed by atoms with van der Waals surface area (Å²) in [7, 11) is 0. The molecule has 1 atom stereocenters. The molecule has 7 heteroatoms. The molecule has 2 aromatic rings. The topological polar surface area (TPSA) is 66.3 Å². The van der Waals surface area contributed by atoms with Crippen LogP contribution in [0.4, 0.5) is 14.9 Å². The van der Waals surface area contributed by atoms with E-state index in [0.29, 0.717) is 12.2 Å². The van der Waals surface area contributed by atoms with Gasteiger partial charge in [-0.15, -0.1) is 0 Å². The number of benzene rings is 1. The van der Waals surface area contributed by atoms with Crippen LogP contribution in [0.15, 0.2) is 42.7 Å². The van der Waals surface area contributed by atoms with Gasteiger partial charge in [0.15, 0.2) is 0 Å². The number of hydrogen-bond acceptors (Lipinski definition) is 3. The molecule has 3 rings (SSSR count). The van der Waals surface area contributed by atoms with Crippen LogP contribution < -0.4 is 10.6 Å². The molecule has 1 saturated heterocycles. The third kappa shape index (κ3) is 3.86. The summed E-state index contributed by atoms with van der Waals surface area (Å²) in [5.74, 6) is 0.976. The van der Waals surface area contributed by atoms with E-state index in [9.17, 15) is 14.3 Å². The molecular weight excluding hydrogens is 317 g/mol. The Morgan fingerprint density at radius 2 is 2.17 bits per heavy atom. The number of carbonyl (C=O) groups excluding carboxylic acids is 1. The van der Waals surface area contributed by atoms with Crippen molar-refractivity contribution in [3.05, 3.63) is 48.5 Å². The number of aliphatic hydroxyl groups is 1. The average Bonchev–Trinajstić information content (AvgIpc) is 3.20. The minimum absolute atomic E-state index is 0.0986. The summed E-state index contributed by atoms with van der Waals surface area (Å²) in [6.45, 7) is 0.157. The van der Waals surface area contributed by atoms with Crippen molar-refractivity contribution in [3.8, 4) is 5.69 Å². The zero-order chi connectivity index (χ0) is 16.3. The summed E-state index contributed by atoms with van der Waals surface area (Å²) < 4.78 is 15.7. The number of amides is 2. The summed E-state index contributed by atoms with van der Waals surface area (Å²) >= 11 is 1.66. The molecule has 0 radical (unpaired) electrons. The predicted octanol–water partition coefficient (Wildman–Crippen LogP) is 2.61. The number of halogens is 1. The lowest BCUT2D eigenvalue weighted by atomic mass is 10.0. The summed E-state index contributed by atoms with van der Waals surface area (Å²) in [5.41, 5.74) is -0.0212. The van der Waals surface area contributed by atoms with Crippen molar-refractivity contribution in [2.75, 3.05) is 23.4 Å². The van der Waals surface area contributed by atoms with Gasteiger partial charge in [-0.2, -0.15) is 11.8 Å². The summed E-state index contributed by atoms with van der Waals surface area (Å²) in [5, 5.41) is 15.3. The number of rotatable bonds is 4. The zero-order valence-electron chi connectivity index (χ0n) is 12.5. The van der Waals surface area contributed by atoms with Gasteiger partial charge in [-0.25, -0.2) is 9.18 Å². The second-order valence-corrected chi connectivity index (χ2v) is 6.69. The maximum absolute atomic E-state index is 13.9. The van der Waals surface area contributed by atoms with Crippen molar-refractivity contribution in [2.45, 2.75) is 12.0 Å². The lowest BCUT2D eigenvalue weighted by molar-refractivity contribution is 0.0706. The normalized spacial score (nSPS) is 20.4. The molecule has 2 heterocycles. The Morgan fingerprint density at radius 1 is 1.39 bits per heavy atom. The van der Waals surface area contributed by atoms with Gasteiger partial charge in [0, 0.05) is 30.4 Å². The molecule has 1 aliphatic heterocycles. The zero-order valence-corrected chi connectivity index (χ0v) is 13.3. The SMILES string of the molecule is O=C(NC[C@]1(O)CCSC1)Nc1cc(-n2cccc2)ccc1F. The van der Waals surface area contributed by atoms with Crippen LogP contribution in [0.5, 0.6) is 0 Å². The molecule has 1 aromatic heterocycles. The molecule has 1 fully saturated rings. The van der Waals surface area contributed by atoms with Crippen LogP contribution in [-0.2, 0) is 0 Å². The van der Waals surface area contributed by atoms with Gasteiger partial charge < -0.3 is 20.3 Å². The van der Waals surface area contributed by atoms with Crippen molar-refractivity contribution in [1.29, 1.82) is 0 Å². The highest BCUT2D eigenvalue weighted by molar-refractivity contribution is 7.99. The number of anilines is 1. The van der Waals surface area contributed by atoms with Gasteiger partial charge in [0.1, 0.15) is 5.82 Å². The molecule has 2 amide bonds. The maximum atomic E-state index is 13.9. The molecule has 0 aliphatic carbocycles. The quantitative estimate of drug-likeness (QED) is 0.805. The van der Waals surface area contributed by atoms with E-state index in [0.717, 1.165) is 11.4 Å². The van der Waals surface area contributed by atoms with E-state index in [2.05, 4.69) is 10.6 Å². The van der Waals surface area contributed by atoms with Gasteiger partial charge >= 0.3 is 6.03 Å². The van der Waals surface area contributed by atoms with Gasteiger partial charge in [-0.1, -0.05) is 0 Å². The van der Waals surface area contributed by atoms with E-state index in [1.807, 2.05) is 29.1 Å². The average molecular weight is 335 g/mol. The molecule has 1 aromatic carbocycles. The Labute approximate surface area is 137 Å². The minimum atomic E-state index is -0.868. The second kappa shape index (κ2) is 6.64. The van der Waals surface area contributed by atoms with Crippen LogP contribution in [0.2, 0.25) is 0 Å². The second-order valence-electron chi connectivity index (χ2n) is 5.59. The first kappa shape index (κ1) is 15.9. The van der Waals surface area contributed by atoms with Crippen LogP contribution in [0, 0.1) is 5.82 Å². The lowest BCUT2D eigenvalue weighted by Crippen LogP contribution is -2.44. The molecule has 0 saturated carbocycles. The van der Waals surface area contributed by atoms with Crippen molar-refractivity contribution in [1.82, 2.24) is 9.88 Å². The van der Waals surface area contributed by atoms with Gasteiger partial charge in [0.25, 0.3) is 0 Å². The minimum Gasteiger partial charge on any atom is -0.387 e. The highest BCUT2D eigenvalue weighted by atomic mass is 32.2. The largest absolute Gasteiger partial charge is 0.387 e. The number of aromatic nitrogens is 1. The summed E-state index contributed by atoms with van der Waals surface area (Å²) in [4.78, 5) is 11.9. The molecule has 122 valence electrons. The first-order chi connectivity index (χ1) is 11.1. The number of nitrogens with zero attached hydrogens (tertiary/aromatic N) is 1. The van der Waals surface area contributed by atoms with Crippen molar-refractivity contribution >= 4 is 23.5 Å². The van der Waals surface area contributed by atoms with Gasteiger partial charge in [0.05, 0.1) is 11.3 Å². The fourth-order valence-corrected chi connectivity index (χ4v) is 3.72. The standard InChI is InChI=1S/C16H18FN3O2S/c17-13-4-3-12(20-6-1-2-7-20)9-14(13)19-15(21)18-10-16(22)5-8-23-11-16/h1-4,6-7,9,22H,5,8,10-11H2,(H2,18,19,21)/t16-/m1/s1. The summed E-state index contributed by atoms with van der Waals surface area (Å²) in [6, 6.07) is 7.71. The lowest BCUT2D eigenvalue weighted by Gasteiger charge is -2.21. The predicted molar refractivity (Wildman–Crippen MR) is 89.6 cm³/mol. The number of carbonyl (C=O) groups is 1. The number of nitrogens with one attached hydrogen (secondary N) is 2. The third-order valence-electron chi connectivity index (χ3n) is 3.76. The van der Waals surface area contributed by atoms with Gasteiger partial charge in [0.2, 0.25) is 0 Å². The van der Waals surface area contributed by atoms with Gasteiger partial charge in [-0.3, -0.25) is 0 Å². The van der Waals surface area contributed by atoms with E-state index in [1.54, 1.807) is 23.9 Å². The molecule has 1 aliphatic rings. The molecule has 23 heavy (non-hydrogen) atoms. The number of hydrogen-bond donors (Lipinski definition) is 3. The highest BCUT2D eigenvalue weighted by Gasteiger charge is 2.31. The van der Waals surface area contributed by atoms with Crippen LogP contribution in [0.3, 0.4) is 0 Å². The van der Waals surface area contributed by atoms with Crippen LogP contribution >= 0.6 is 11.8 Å². The van der Waals surface area contributed by atoms with E-state index in [-0.39, 0.29) is 12.2 Å². The van der Waals surface area contributed by atoms with E-state index >= 15 is 0 Å². The Hall–Kier alpha value is -1.99. The molecule has 5 nitrogen and oxygen atoms in total. The molecule has 0 unspecified atom stereocenters. The summed E-state index contributed by atoms with van der Waals surface area (Å²) in [6.07, 6.45) is 4.32. The number of urea groups is 1. The van der Waals surface area contributed by atoms with Crippen LogP contribution in [0.1, 0.15) is 6.42 Å². The third-order valence-corrected chi connectivity index (χ3v) is 5.00. The number of thioether (sulfide) groups is 1. The fraction of sp³-hybridized carbons (Fsp3) is 0.312. The van der Waals surface area contributed by atoms with E-state index in [1.165, 1.54) is 6.07 Å². The first-order valence-electron chi connectivity index (χ1n) is 7.34. The van der Waals surface area contributed by atoms with Crippen LogP contribution in [0.25, 0.3) is 5.69 Å². The Balaban J connectivity index is 1.65. The molecular formula is C16H18FN3O2S. The van der Waals surface area contributed by atoms with E-state index < -0.39 is 17.4 Å².